The van der Waals surface area contributed by atoms with Crippen LogP contribution in [-0.2, 0) is 16.0 Å². The van der Waals surface area contributed by atoms with E-state index in [0.717, 1.165) is 11.3 Å². The van der Waals surface area contributed by atoms with Gasteiger partial charge in [-0.05, 0) is 43.3 Å². The first kappa shape index (κ1) is 20.9. The van der Waals surface area contributed by atoms with Gasteiger partial charge in [0, 0.05) is 37.3 Å². The zero-order chi connectivity index (χ0) is 22.5. The van der Waals surface area contributed by atoms with Gasteiger partial charge in [-0.25, -0.2) is 0 Å². The van der Waals surface area contributed by atoms with Crippen molar-refractivity contribution in [1.82, 2.24) is 10.2 Å². The second-order valence-corrected chi connectivity index (χ2v) is 8.56. The monoisotopic (exact) mass is 438 g/mol. The lowest BCUT2D eigenvalue weighted by Crippen LogP contribution is -2.70. The molecule has 2 aromatic rings. The number of non-ortho nitro benzene ring substituents is 1. The summed E-state index contributed by atoms with van der Waals surface area (Å²) in [6.45, 7) is 3.66. The minimum atomic E-state index is -1.52. The highest BCUT2D eigenvalue weighted by Crippen LogP contribution is 2.51. The van der Waals surface area contributed by atoms with E-state index in [-0.39, 0.29) is 23.3 Å². The fourth-order valence-corrected chi connectivity index (χ4v) is 5.11. The van der Waals surface area contributed by atoms with E-state index in [1.54, 1.807) is 13.1 Å². The molecule has 2 aliphatic rings. The number of thiocarbonyl (C=S) groups is 1. The molecule has 4 rings (SSSR count). The van der Waals surface area contributed by atoms with Gasteiger partial charge in [0.1, 0.15) is 0 Å². The van der Waals surface area contributed by atoms with E-state index < -0.39 is 28.2 Å². The van der Waals surface area contributed by atoms with Crippen LogP contribution in [0.4, 0.5) is 11.4 Å². The van der Waals surface area contributed by atoms with Gasteiger partial charge in [0.2, 0.25) is 11.8 Å². The van der Waals surface area contributed by atoms with Crippen molar-refractivity contribution in [3.63, 3.8) is 0 Å². The molecule has 2 heterocycles. The van der Waals surface area contributed by atoms with E-state index in [4.69, 9.17) is 12.2 Å². The lowest BCUT2D eigenvalue weighted by Gasteiger charge is -2.52. The summed E-state index contributed by atoms with van der Waals surface area (Å²) in [6, 6.07) is 13.0. The molecular formula is C22H22N4O4S. The molecule has 1 spiro atoms. The lowest BCUT2D eigenvalue weighted by molar-refractivity contribution is -0.384. The van der Waals surface area contributed by atoms with Crippen LogP contribution in [0.5, 0.6) is 0 Å². The zero-order valence-electron chi connectivity index (χ0n) is 17.4. The molecule has 8 nitrogen and oxygen atoms in total. The number of hydrogen-bond acceptors (Lipinski definition) is 6. The standard InChI is InChI=1S/C22H22N4O4S/c1-13(2)25-20(28)22(19(27)23-21(25)31)12-15-11-16(26(29)30)9-10-17(15)24(3)18(22)14-7-5-4-6-8-14/h4-11,13,18H,12H2,1-3H3,(H,23,27,31)/t18-,22+/m0/s1. The highest BCUT2D eigenvalue weighted by molar-refractivity contribution is 7.80. The van der Waals surface area contributed by atoms with Crippen LogP contribution in [0.2, 0.25) is 0 Å². The number of nitro groups is 1. The predicted octanol–water partition coefficient (Wildman–Crippen LogP) is 2.97. The number of carbonyl (C=O) groups excluding carboxylic acids is 2. The Morgan fingerprint density at radius 3 is 2.48 bits per heavy atom. The van der Waals surface area contributed by atoms with E-state index in [1.807, 2.05) is 49.1 Å². The third-order valence-electron chi connectivity index (χ3n) is 6.05. The first-order chi connectivity index (χ1) is 14.7. The molecule has 31 heavy (non-hydrogen) atoms. The Kier molecular flexibility index (Phi) is 5.01. The third kappa shape index (κ3) is 3.07. The van der Waals surface area contributed by atoms with Crippen LogP contribution in [0.15, 0.2) is 48.5 Å². The van der Waals surface area contributed by atoms with Gasteiger partial charge in [0.05, 0.1) is 11.0 Å². The van der Waals surface area contributed by atoms with Gasteiger partial charge in [0.15, 0.2) is 10.5 Å². The topological polar surface area (TPSA) is 95.8 Å². The smallest absolute Gasteiger partial charge is 0.269 e. The normalized spacial score (nSPS) is 23.2. The Labute approximate surface area is 185 Å². The number of nitrogens with one attached hydrogen (secondary N) is 1. The van der Waals surface area contributed by atoms with Crippen molar-refractivity contribution in [2.24, 2.45) is 5.41 Å². The lowest BCUT2D eigenvalue weighted by atomic mass is 9.66. The number of amides is 2. The van der Waals surface area contributed by atoms with Gasteiger partial charge < -0.3 is 10.2 Å². The van der Waals surface area contributed by atoms with Crippen molar-refractivity contribution in [2.45, 2.75) is 32.4 Å². The molecule has 0 bridgehead atoms. The van der Waals surface area contributed by atoms with Crippen molar-refractivity contribution >= 4 is 40.5 Å². The van der Waals surface area contributed by atoms with Crippen LogP contribution in [0.25, 0.3) is 0 Å². The Balaban J connectivity index is 1.98. The number of fused-ring (bicyclic) bond motifs is 1. The van der Waals surface area contributed by atoms with Crippen molar-refractivity contribution in [1.29, 1.82) is 0 Å². The predicted molar refractivity (Wildman–Crippen MR) is 120 cm³/mol. The minimum absolute atomic E-state index is 0.0322. The third-order valence-corrected chi connectivity index (χ3v) is 6.35. The van der Waals surface area contributed by atoms with E-state index in [9.17, 15) is 19.7 Å². The average molecular weight is 439 g/mol. The van der Waals surface area contributed by atoms with Crippen LogP contribution < -0.4 is 10.2 Å². The molecule has 0 radical (unpaired) electrons. The maximum atomic E-state index is 13.9. The molecule has 1 fully saturated rings. The molecule has 2 amide bonds. The van der Waals surface area contributed by atoms with E-state index >= 15 is 0 Å². The molecule has 9 heteroatoms. The second-order valence-electron chi connectivity index (χ2n) is 8.17. The molecule has 2 aromatic carbocycles. The summed E-state index contributed by atoms with van der Waals surface area (Å²) in [5.41, 5.74) is 0.512. The van der Waals surface area contributed by atoms with Gasteiger partial charge >= 0.3 is 0 Å². The van der Waals surface area contributed by atoms with E-state index in [1.165, 1.54) is 17.0 Å². The molecule has 0 aliphatic carbocycles. The highest BCUT2D eigenvalue weighted by atomic mass is 32.1. The summed E-state index contributed by atoms with van der Waals surface area (Å²) < 4.78 is 0. The van der Waals surface area contributed by atoms with Crippen LogP contribution in [0.1, 0.15) is 31.0 Å². The summed E-state index contributed by atoms with van der Waals surface area (Å²) in [6.07, 6.45) is 0.0322. The number of nitro benzene ring substituents is 1. The summed E-state index contributed by atoms with van der Waals surface area (Å²) in [5.74, 6) is -0.883. The fourth-order valence-electron chi connectivity index (χ4n) is 4.72. The molecule has 0 unspecified atom stereocenters. The van der Waals surface area contributed by atoms with Crippen molar-refractivity contribution in [3.05, 3.63) is 69.8 Å². The Hall–Kier alpha value is -3.33. The number of nitrogens with zero attached hydrogens (tertiary/aromatic N) is 3. The summed E-state index contributed by atoms with van der Waals surface area (Å²) in [4.78, 5) is 41.6. The van der Waals surface area contributed by atoms with Gasteiger partial charge in [-0.2, -0.15) is 0 Å². The van der Waals surface area contributed by atoms with Gasteiger partial charge in [-0.1, -0.05) is 30.3 Å². The van der Waals surface area contributed by atoms with Crippen LogP contribution >= 0.6 is 12.2 Å². The van der Waals surface area contributed by atoms with Crippen molar-refractivity contribution in [3.8, 4) is 0 Å². The number of hydrogen-bond donors (Lipinski definition) is 1. The zero-order valence-corrected chi connectivity index (χ0v) is 18.2. The molecule has 2 atom stereocenters. The number of rotatable bonds is 3. The van der Waals surface area contributed by atoms with Crippen LogP contribution in [0.3, 0.4) is 0 Å². The Bertz CT molecular complexity index is 1100. The van der Waals surface area contributed by atoms with Crippen LogP contribution in [-0.4, -0.2) is 39.8 Å². The molecule has 1 N–H and O–H groups in total. The Morgan fingerprint density at radius 2 is 1.87 bits per heavy atom. The molecule has 2 aliphatic heterocycles. The first-order valence-electron chi connectivity index (χ1n) is 9.92. The largest absolute Gasteiger partial charge is 0.366 e. The maximum Gasteiger partial charge on any atom is 0.269 e. The molecule has 160 valence electrons. The van der Waals surface area contributed by atoms with Crippen molar-refractivity contribution < 1.29 is 14.5 Å². The molecular weight excluding hydrogens is 416 g/mol. The quantitative estimate of drug-likeness (QED) is 0.343. The average Bonchev–Trinajstić information content (AvgIpc) is 2.72. The second kappa shape index (κ2) is 7.42. The highest BCUT2D eigenvalue weighted by Gasteiger charge is 2.61. The fraction of sp³-hybridized carbons (Fsp3) is 0.318. The molecule has 1 saturated heterocycles. The first-order valence-corrected chi connectivity index (χ1v) is 10.3. The molecule has 0 aromatic heterocycles. The summed E-state index contributed by atoms with van der Waals surface area (Å²) in [5, 5.41) is 14.2. The number of anilines is 1. The number of carbonyl (C=O) groups is 2. The maximum absolute atomic E-state index is 13.9. The minimum Gasteiger partial charge on any atom is -0.366 e. The van der Waals surface area contributed by atoms with Gasteiger partial charge in [0.25, 0.3) is 5.69 Å². The SMILES string of the molecule is CC(C)N1C(=O)[C@@]2(Cc3cc([N+](=O)[O-])ccc3N(C)[C@H]2c2ccccc2)C(=O)NC1=S. The van der Waals surface area contributed by atoms with E-state index in [2.05, 4.69) is 5.32 Å². The number of benzene rings is 2. The molecule has 0 saturated carbocycles. The van der Waals surface area contributed by atoms with E-state index in [0.29, 0.717) is 5.56 Å². The Morgan fingerprint density at radius 1 is 1.19 bits per heavy atom. The van der Waals surface area contributed by atoms with Crippen molar-refractivity contribution in [2.75, 3.05) is 11.9 Å². The van der Waals surface area contributed by atoms with Gasteiger partial charge in [-0.15, -0.1) is 0 Å². The summed E-state index contributed by atoms with van der Waals surface area (Å²) >= 11 is 5.30. The van der Waals surface area contributed by atoms with Crippen LogP contribution in [0, 0.1) is 15.5 Å². The summed E-state index contributed by atoms with van der Waals surface area (Å²) in [7, 11) is 1.80. The van der Waals surface area contributed by atoms with Gasteiger partial charge in [-0.3, -0.25) is 24.6 Å².